The number of hydrogen-bond acceptors (Lipinski definition) is 3. The maximum Gasteiger partial charge on any atom is 0.323 e. The first kappa shape index (κ1) is 21.7. The Balaban J connectivity index is 0.00000280. The minimum Gasteiger partial charge on any atom is -0.349 e. The van der Waals surface area contributed by atoms with Gasteiger partial charge in [-0.2, -0.15) is 0 Å². The van der Waals surface area contributed by atoms with Crippen LogP contribution in [-0.4, -0.2) is 24.5 Å². The third-order valence-electron chi connectivity index (χ3n) is 5.06. The lowest BCUT2D eigenvalue weighted by Crippen LogP contribution is -2.39. The molecule has 1 aliphatic rings. The summed E-state index contributed by atoms with van der Waals surface area (Å²) in [7, 11) is 0. The zero-order chi connectivity index (χ0) is 19.2. The molecule has 0 aliphatic heterocycles. The van der Waals surface area contributed by atoms with Crippen LogP contribution < -0.4 is 21.7 Å². The molecule has 0 radical (unpaired) electrons. The summed E-state index contributed by atoms with van der Waals surface area (Å²) >= 11 is 0. The van der Waals surface area contributed by atoms with E-state index in [0.717, 1.165) is 24.8 Å². The first-order chi connectivity index (χ1) is 13.1. The molecule has 1 fully saturated rings. The number of carbonyl (C=O) groups excluding carboxylic acids is 2. The molecule has 0 bridgehead atoms. The van der Waals surface area contributed by atoms with Crippen molar-refractivity contribution in [3.05, 3.63) is 59.7 Å². The van der Waals surface area contributed by atoms with Crippen LogP contribution in [0.1, 0.15) is 35.2 Å². The number of halogens is 1. The average molecular weight is 403 g/mol. The Labute approximate surface area is 171 Å². The second-order valence-electron chi connectivity index (χ2n) is 6.98. The summed E-state index contributed by atoms with van der Waals surface area (Å²) in [4.78, 5) is 24.9. The molecule has 150 valence electrons. The molecule has 2 unspecified atom stereocenters. The van der Waals surface area contributed by atoms with E-state index in [4.69, 9.17) is 5.73 Å². The lowest BCUT2D eigenvalue weighted by atomic mass is 10.0. The quantitative estimate of drug-likeness (QED) is 0.610. The van der Waals surface area contributed by atoms with Crippen molar-refractivity contribution in [3.63, 3.8) is 0 Å². The SMILES string of the molecule is Cc1ccc(C(=O)NC2CCCC2CN)cc1NC(=O)Nc1ccccc1.Cl. The molecule has 3 amide bonds. The van der Waals surface area contributed by atoms with Crippen LogP contribution in [0.15, 0.2) is 48.5 Å². The topological polar surface area (TPSA) is 96.2 Å². The van der Waals surface area contributed by atoms with E-state index in [9.17, 15) is 9.59 Å². The van der Waals surface area contributed by atoms with Crippen molar-refractivity contribution < 1.29 is 9.59 Å². The van der Waals surface area contributed by atoms with Crippen LogP contribution in [0.5, 0.6) is 0 Å². The van der Waals surface area contributed by atoms with Gasteiger partial charge < -0.3 is 21.7 Å². The van der Waals surface area contributed by atoms with Gasteiger partial charge in [0.1, 0.15) is 0 Å². The van der Waals surface area contributed by atoms with E-state index < -0.39 is 0 Å². The third-order valence-corrected chi connectivity index (χ3v) is 5.06. The number of benzene rings is 2. The molecule has 6 nitrogen and oxygen atoms in total. The van der Waals surface area contributed by atoms with Gasteiger partial charge in [0, 0.05) is 23.0 Å². The molecule has 0 aromatic heterocycles. The van der Waals surface area contributed by atoms with E-state index in [1.54, 1.807) is 12.1 Å². The first-order valence-electron chi connectivity index (χ1n) is 9.31. The van der Waals surface area contributed by atoms with Gasteiger partial charge in [-0.15, -0.1) is 12.4 Å². The fourth-order valence-electron chi connectivity index (χ4n) is 3.46. The van der Waals surface area contributed by atoms with Gasteiger partial charge in [-0.05, 0) is 62.1 Å². The van der Waals surface area contributed by atoms with Crippen molar-refractivity contribution in [1.29, 1.82) is 0 Å². The minimum absolute atomic E-state index is 0. The molecule has 1 aliphatic carbocycles. The van der Waals surface area contributed by atoms with Gasteiger partial charge in [0.15, 0.2) is 0 Å². The number of urea groups is 1. The predicted octanol–water partition coefficient (Wildman–Crippen LogP) is 3.92. The Morgan fingerprint density at radius 3 is 2.54 bits per heavy atom. The highest BCUT2D eigenvalue weighted by Crippen LogP contribution is 2.25. The molecule has 5 N–H and O–H groups in total. The number of nitrogens with two attached hydrogens (primary N) is 1. The summed E-state index contributed by atoms with van der Waals surface area (Å²) in [6, 6.07) is 14.3. The molecule has 2 aromatic carbocycles. The van der Waals surface area contributed by atoms with Crippen LogP contribution >= 0.6 is 12.4 Å². The van der Waals surface area contributed by atoms with Crippen molar-refractivity contribution in [2.24, 2.45) is 11.7 Å². The number of anilines is 2. The zero-order valence-electron chi connectivity index (χ0n) is 15.9. The van der Waals surface area contributed by atoms with E-state index in [-0.39, 0.29) is 30.4 Å². The normalized spacial score (nSPS) is 18.1. The van der Waals surface area contributed by atoms with Crippen LogP contribution in [0.2, 0.25) is 0 Å². The van der Waals surface area contributed by atoms with Crippen LogP contribution in [0.3, 0.4) is 0 Å². The van der Waals surface area contributed by atoms with Crippen LogP contribution in [-0.2, 0) is 0 Å². The molecule has 1 saturated carbocycles. The van der Waals surface area contributed by atoms with Crippen molar-refractivity contribution >= 4 is 35.7 Å². The third kappa shape index (κ3) is 5.47. The second-order valence-corrected chi connectivity index (χ2v) is 6.98. The Morgan fingerprint density at radius 2 is 1.82 bits per heavy atom. The molecular formula is C21H27ClN4O2. The lowest BCUT2D eigenvalue weighted by molar-refractivity contribution is 0.0928. The van der Waals surface area contributed by atoms with Crippen LogP contribution in [0, 0.1) is 12.8 Å². The number of amides is 3. The number of rotatable bonds is 5. The Hall–Kier alpha value is -2.57. The van der Waals surface area contributed by atoms with Gasteiger partial charge in [0.25, 0.3) is 5.91 Å². The second kappa shape index (κ2) is 10.1. The highest BCUT2D eigenvalue weighted by molar-refractivity contribution is 6.02. The van der Waals surface area contributed by atoms with Crippen LogP contribution in [0.25, 0.3) is 0 Å². The maximum atomic E-state index is 12.6. The number of nitrogens with one attached hydrogen (secondary N) is 3. The van der Waals surface area contributed by atoms with Gasteiger partial charge in [0.2, 0.25) is 0 Å². The van der Waals surface area contributed by atoms with E-state index in [0.29, 0.717) is 29.4 Å². The highest BCUT2D eigenvalue weighted by Gasteiger charge is 2.27. The molecule has 0 saturated heterocycles. The molecule has 28 heavy (non-hydrogen) atoms. The number of aryl methyl sites for hydroxylation is 1. The largest absolute Gasteiger partial charge is 0.349 e. The molecule has 0 heterocycles. The summed E-state index contributed by atoms with van der Waals surface area (Å²) in [5, 5.41) is 8.68. The Bertz CT molecular complexity index is 813. The number of carbonyl (C=O) groups is 2. The zero-order valence-corrected chi connectivity index (χ0v) is 16.7. The summed E-state index contributed by atoms with van der Waals surface area (Å²) in [5.41, 5.74) is 8.52. The Kier molecular flexibility index (Phi) is 7.84. The fraction of sp³-hybridized carbons (Fsp3) is 0.333. The van der Waals surface area contributed by atoms with E-state index in [1.165, 1.54) is 0 Å². The maximum absolute atomic E-state index is 12.6. The smallest absolute Gasteiger partial charge is 0.323 e. The van der Waals surface area contributed by atoms with Crippen molar-refractivity contribution in [2.75, 3.05) is 17.2 Å². The molecular weight excluding hydrogens is 376 g/mol. The van der Waals surface area contributed by atoms with Crippen molar-refractivity contribution in [1.82, 2.24) is 5.32 Å². The number of hydrogen-bond donors (Lipinski definition) is 4. The minimum atomic E-state index is -0.346. The summed E-state index contributed by atoms with van der Waals surface area (Å²) in [6.45, 7) is 2.48. The summed E-state index contributed by atoms with van der Waals surface area (Å²) in [6.07, 6.45) is 3.11. The highest BCUT2D eigenvalue weighted by atomic mass is 35.5. The van der Waals surface area contributed by atoms with Gasteiger partial charge in [-0.25, -0.2) is 4.79 Å². The average Bonchev–Trinajstić information content (AvgIpc) is 3.11. The van der Waals surface area contributed by atoms with Gasteiger partial charge in [-0.3, -0.25) is 4.79 Å². The monoisotopic (exact) mass is 402 g/mol. The van der Waals surface area contributed by atoms with E-state index >= 15 is 0 Å². The molecule has 7 heteroatoms. The van der Waals surface area contributed by atoms with E-state index in [2.05, 4.69) is 16.0 Å². The molecule has 2 atom stereocenters. The molecule has 0 spiro atoms. The van der Waals surface area contributed by atoms with Crippen molar-refractivity contribution in [3.8, 4) is 0 Å². The van der Waals surface area contributed by atoms with E-state index in [1.807, 2.05) is 43.3 Å². The standard InChI is InChI=1S/C21H26N4O2.ClH/c1-14-10-11-15(20(26)24-18-9-5-6-16(18)13-22)12-19(14)25-21(27)23-17-7-3-2-4-8-17;/h2-4,7-8,10-12,16,18H,5-6,9,13,22H2,1H3,(H,24,26)(H2,23,25,27);1H. The van der Waals surface area contributed by atoms with Crippen molar-refractivity contribution in [2.45, 2.75) is 32.2 Å². The number of para-hydroxylation sites is 1. The molecule has 2 aromatic rings. The predicted molar refractivity (Wildman–Crippen MR) is 115 cm³/mol. The van der Waals surface area contributed by atoms with Crippen LogP contribution in [0.4, 0.5) is 16.2 Å². The fourth-order valence-corrected chi connectivity index (χ4v) is 3.46. The van der Waals surface area contributed by atoms with Gasteiger partial charge >= 0.3 is 6.03 Å². The lowest BCUT2D eigenvalue weighted by Gasteiger charge is -2.20. The van der Waals surface area contributed by atoms with Gasteiger partial charge in [-0.1, -0.05) is 30.7 Å². The summed E-state index contributed by atoms with van der Waals surface area (Å²) in [5.74, 6) is 0.209. The summed E-state index contributed by atoms with van der Waals surface area (Å²) < 4.78 is 0. The first-order valence-corrected chi connectivity index (χ1v) is 9.31. The molecule has 3 rings (SSSR count). The Morgan fingerprint density at radius 1 is 1.07 bits per heavy atom. The van der Waals surface area contributed by atoms with Gasteiger partial charge in [0.05, 0.1) is 0 Å².